The van der Waals surface area contributed by atoms with E-state index in [0.717, 1.165) is 5.57 Å². The number of carboxylic acids is 1. The Morgan fingerprint density at radius 3 is 2.86 bits per heavy atom. The molecule has 0 spiro atoms. The van der Waals surface area contributed by atoms with Crippen molar-refractivity contribution in [1.29, 1.82) is 0 Å². The molecular weight excluding hydrogens is 283 g/mol. The summed E-state index contributed by atoms with van der Waals surface area (Å²) in [4.78, 5) is 20.2. The zero-order valence-corrected chi connectivity index (χ0v) is 12.1. The first-order chi connectivity index (χ1) is 10.5. The molecule has 0 bridgehead atoms. The fourth-order valence-corrected chi connectivity index (χ4v) is 3.03. The first-order valence-electron chi connectivity index (χ1n) is 7.02. The summed E-state index contributed by atoms with van der Waals surface area (Å²) in [6.07, 6.45) is 7.41. The van der Waals surface area contributed by atoms with Gasteiger partial charge in [0.2, 0.25) is 0 Å². The van der Waals surface area contributed by atoms with Gasteiger partial charge in [-0.15, -0.1) is 0 Å². The van der Waals surface area contributed by atoms with Gasteiger partial charge in [-0.25, -0.2) is 4.39 Å². The maximum atomic E-state index is 13.9. The molecule has 1 N–H and O–H groups in total. The number of halogens is 1. The van der Waals surface area contributed by atoms with Gasteiger partial charge in [0.05, 0.1) is 11.9 Å². The van der Waals surface area contributed by atoms with Crippen molar-refractivity contribution in [1.82, 2.24) is 9.97 Å². The molecule has 4 nitrogen and oxygen atoms in total. The van der Waals surface area contributed by atoms with E-state index >= 15 is 0 Å². The van der Waals surface area contributed by atoms with Gasteiger partial charge in [-0.2, -0.15) is 0 Å². The zero-order valence-electron chi connectivity index (χ0n) is 12.1. The van der Waals surface area contributed by atoms with Crippen molar-refractivity contribution in [2.45, 2.75) is 25.2 Å². The van der Waals surface area contributed by atoms with Crippen molar-refractivity contribution >= 4 is 11.5 Å². The summed E-state index contributed by atoms with van der Waals surface area (Å²) in [5.41, 5.74) is 1.17. The normalized spacial score (nSPS) is 20.7. The van der Waals surface area contributed by atoms with E-state index in [1.54, 1.807) is 43.7 Å². The fraction of sp³-hybridized carbons (Fsp3) is 0.235. The van der Waals surface area contributed by atoms with Crippen molar-refractivity contribution in [3.63, 3.8) is 0 Å². The lowest BCUT2D eigenvalue weighted by Crippen LogP contribution is -2.32. The molecule has 3 rings (SSSR count). The lowest BCUT2D eigenvalue weighted by Gasteiger charge is -2.24. The van der Waals surface area contributed by atoms with E-state index < -0.39 is 11.4 Å². The summed E-state index contributed by atoms with van der Waals surface area (Å²) >= 11 is 0. The van der Waals surface area contributed by atoms with Crippen LogP contribution in [-0.2, 0) is 10.2 Å². The van der Waals surface area contributed by atoms with Crippen LogP contribution >= 0.6 is 0 Å². The van der Waals surface area contributed by atoms with Gasteiger partial charge in [-0.3, -0.25) is 14.8 Å². The third-order valence-corrected chi connectivity index (χ3v) is 4.23. The largest absolute Gasteiger partial charge is 0.480 e. The molecule has 1 atom stereocenters. The number of aliphatic carboxylic acids is 1. The second-order valence-corrected chi connectivity index (χ2v) is 5.45. The lowest BCUT2D eigenvalue weighted by atomic mass is 9.78. The Labute approximate surface area is 127 Å². The van der Waals surface area contributed by atoms with Gasteiger partial charge in [0.25, 0.3) is 0 Å². The molecule has 0 saturated heterocycles. The Morgan fingerprint density at radius 1 is 1.36 bits per heavy atom. The summed E-state index contributed by atoms with van der Waals surface area (Å²) < 4.78 is 13.9. The van der Waals surface area contributed by atoms with Crippen LogP contribution in [0, 0.1) is 12.7 Å². The van der Waals surface area contributed by atoms with Crippen LogP contribution in [-0.4, -0.2) is 21.0 Å². The minimum absolute atomic E-state index is 0.376. The van der Waals surface area contributed by atoms with Crippen LogP contribution in [0.25, 0.3) is 5.57 Å². The number of hydrogen-bond donors (Lipinski definition) is 1. The maximum Gasteiger partial charge on any atom is 0.318 e. The highest BCUT2D eigenvalue weighted by Crippen LogP contribution is 2.43. The minimum atomic E-state index is -1.21. The Hall–Kier alpha value is -2.56. The molecule has 0 radical (unpaired) electrons. The minimum Gasteiger partial charge on any atom is -0.480 e. The van der Waals surface area contributed by atoms with Crippen molar-refractivity contribution in [2.24, 2.45) is 0 Å². The number of carboxylic acid groups (broad SMARTS) is 1. The lowest BCUT2D eigenvalue weighted by molar-refractivity contribution is -0.141. The molecule has 1 aromatic heterocycles. The molecule has 5 heteroatoms. The average molecular weight is 298 g/mol. The standard InChI is InChI=1S/C17H15FN2O2/c1-11-13(3-2-4-14(11)18)17(16(21)22)6-5-12(9-17)15-10-19-7-8-20-15/h2-4,7-10H,5-6H2,1H3,(H,21,22)/t17-/m0/s1. The molecule has 2 aromatic rings. The van der Waals surface area contributed by atoms with Gasteiger partial charge >= 0.3 is 5.97 Å². The summed E-state index contributed by atoms with van der Waals surface area (Å²) in [5.74, 6) is -1.36. The number of hydrogen-bond acceptors (Lipinski definition) is 3. The number of carbonyl (C=O) groups is 1. The van der Waals surface area contributed by atoms with Gasteiger partial charge in [0, 0.05) is 12.4 Å². The van der Waals surface area contributed by atoms with Crippen LogP contribution in [0.5, 0.6) is 0 Å². The first-order valence-corrected chi connectivity index (χ1v) is 7.02. The number of nitrogens with zero attached hydrogens (tertiary/aromatic N) is 2. The summed E-state index contributed by atoms with van der Waals surface area (Å²) in [6.45, 7) is 1.61. The molecule has 1 aromatic carbocycles. The molecule has 1 aliphatic rings. The Bertz CT molecular complexity index is 759. The monoisotopic (exact) mass is 298 g/mol. The summed E-state index contributed by atoms with van der Waals surface area (Å²) in [5, 5.41) is 9.79. The van der Waals surface area contributed by atoms with Gasteiger partial charge < -0.3 is 5.11 Å². The van der Waals surface area contributed by atoms with E-state index in [4.69, 9.17) is 0 Å². The summed E-state index contributed by atoms with van der Waals surface area (Å²) in [6, 6.07) is 4.58. The highest BCUT2D eigenvalue weighted by molar-refractivity contribution is 5.89. The van der Waals surface area contributed by atoms with Crippen LogP contribution in [0.1, 0.15) is 29.7 Å². The van der Waals surface area contributed by atoms with Gasteiger partial charge in [0.15, 0.2) is 0 Å². The zero-order chi connectivity index (χ0) is 15.7. The molecule has 1 aliphatic carbocycles. The van der Waals surface area contributed by atoms with Crippen molar-refractivity contribution in [3.05, 3.63) is 65.5 Å². The van der Waals surface area contributed by atoms with Crippen molar-refractivity contribution < 1.29 is 14.3 Å². The Balaban J connectivity index is 2.14. The molecule has 0 amide bonds. The van der Waals surface area contributed by atoms with Gasteiger partial charge in [-0.1, -0.05) is 18.2 Å². The van der Waals surface area contributed by atoms with Crippen LogP contribution in [0.4, 0.5) is 4.39 Å². The second kappa shape index (κ2) is 5.33. The third-order valence-electron chi connectivity index (χ3n) is 4.23. The molecule has 0 fully saturated rings. The van der Waals surface area contributed by atoms with E-state index in [9.17, 15) is 14.3 Å². The van der Waals surface area contributed by atoms with Crippen LogP contribution in [0.3, 0.4) is 0 Å². The van der Waals surface area contributed by atoms with Crippen LogP contribution < -0.4 is 0 Å². The molecule has 0 aliphatic heterocycles. The topological polar surface area (TPSA) is 63.1 Å². The molecule has 1 heterocycles. The van der Waals surface area contributed by atoms with E-state index in [1.165, 1.54) is 6.07 Å². The number of rotatable bonds is 3. The fourth-order valence-electron chi connectivity index (χ4n) is 3.03. The predicted octanol–water partition coefficient (Wildman–Crippen LogP) is 3.12. The van der Waals surface area contributed by atoms with E-state index in [-0.39, 0.29) is 5.82 Å². The molecular formula is C17H15FN2O2. The molecule has 0 unspecified atom stereocenters. The second-order valence-electron chi connectivity index (χ2n) is 5.45. The molecule has 112 valence electrons. The van der Waals surface area contributed by atoms with E-state index in [1.807, 2.05) is 0 Å². The van der Waals surface area contributed by atoms with Crippen LogP contribution in [0.15, 0.2) is 42.9 Å². The van der Waals surface area contributed by atoms with Gasteiger partial charge in [0.1, 0.15) is 11.2 Å². The van der Waals surface area contributed by atoms with E-state index in [2.05, 4.69) is 9.97 Å². The highest BCUT2D eigenvalue weighted by Gasteiger charge is 2.43. The van der Waals surface area contributed by atoms with Crippen LogP contribution in [0.2, 0.25) is 0 Å². The third kappa shape index (κ3) is 2.19. The van der Waals surface area contributed by atoms with Crippen molar-refractivity contribution in [2.75, 3.05) is 0 Å². The number of allylic oxidation sites excluding steroid dienone is 1. The van der Waals surface area contributed by atoms with Crippen molar-refractivity contribution in [3.8, 4) is 0 Å². The van der Waals surface area contributed by atoms with Gasteiger partial charge in [-0.05, 0) is 42.5 Å². The quantitative estimate of drug-likeness (QED) is 0.945. The average Bonchev–Trinajstić information content (AvgIpc) is 2.97. The predicted molar refractivity (Wildman–Crippen MR) is 79.7 cm³/mol. The number of aromatic nitrogens is 2. The molecule has 0 saturated carbocycles. The smallest absolute Gasteiger partial charge is 0.318 e. The van der Waals surface area contributed by atoms with E-state index in [0.29, 0.717) is 29.7 Å². The maximum absolute atomic E-state index is 13.9. The Morgan fingerprint density at radius 2 is 2.18 bits per heavy atom. The summed E-state index contributed by atoms with van der Waals surface area (Å²) in [7, 11) is 0. The highest BCUT2D eigenvalue weighted by atomic mass is 19.1. The Kier molecular flexibility index (Phi) is 3.48. The SMILES string of the molecule is Cc1c(F)cccc1[C@@]1(C(=O)O)C=C(c2cnccn2)CC1. The first kappa shape index (κ1) is 14.4. The molecule has 22 heavy (non-hydrogen) atoms. The number of benzene rings is 1.